The van der Waals surface area contributed by atoms with Gasteiger partial charge in [-0.1, -0.05) is 31.4 Å². The van der Waals surface area contributed by atoms with Gasteiger partial charge in [-0.25, -0.2) is 18.2 Å². The van der Waals surface area contributed by atoms with Gasteiger partial charge in [0.2, 0.25) is 5.90 Å². The van der Waals surface area contributed by atoms with E-state index in [4.69, 9.17) is 9.47 Å². The van der Waals surface area contributed by atoms with E-state index in [1.165, 1.54) is 19.3 Å². The van der Waals surface area contributed by atoms with Gasteiger partial charge in [-0.2, -0.15) is 5.10 Å². The number of aromatic nitrogens is 2. The lowest BCUT2D eigenvalue weighted by Gasteiger charge is -2.28. The molecule has 0 aliphatic carbocycles. The second kappa shape index (κ2) is 15.4. The highest BCUT2D eigenvalue weighted by Gasteiger charge is 2.24. The number of rotatable bonds is 13. The highest BCUT2D eigenvalue weighted by molar-refractivity contribution is 5.99. The first kappa shape index (κ1) is 33.4. The number of amides is 1. The Morgan fingerprint density at radius 2 is 1.95 bits per heavy atom. The van der Waals surface area contributed by atoms with Crippen molar-refractivity contribution in [1.29, 1.82) is 0 Å². The van der Waals surface area contributed by atoms with Crippen LogP contribution in [0.3, 0.4) is 0 Å². The Morgan fingerprint density at radius 3 is 2.60 bits per heavy atom. The number of hydrogen-bond acceptors (Lipinski definition) is 6. The lowest BCUT2D eigenvalue weighted by molar-refractivity contribution is 0.0675. The van der Waals surface area contributed by atoms with Crippen LogP contribution in [0.25, 0.3) is 5.70 Å². The Labute approximate surface area is 251 Å². The van der Waals surface area contributed by atoms with Crippen molar-refractivity contribution >= 4 is 17.5 Å². The molecule has 1 aliphatic heterocycles. The predicted molar refractivity (Wildman–Crippen MR) is 163 cm³/mol. The van der Waals surface area contributed by atoms with E-state index < -0.39 is 12.1 Å². The summed E-state index contributed by atoms with van der Waals surface area (Å²) in [4.78, 5) is 19.5. The minimum atomic E-state index is -3.02. The van der Waals surface area contributed by atoms with Crippen LogP contribution in [-0.4, -0.2) is 71.9 Å². The number of nitrogens with one attached hydrogen (secondary N) is 1. The van der Waals surface area contributed by atoms with Gasteiger partial charge >= 0.3 is 0 Å². The molecule has 1 fully saturated rings. The molecule has 1 aliphatic rings. The Hall–Kier alpha value is -4.12. The van der Waals surface area contributed by atoms with Crippen LogP contribution in [0.1, 0.15) is 53.9 Å². The van der Waals surface area contributed by atoms with E-state index in [2.05, 4.69) is 33.5 Å². The molecule has 0 spiro atoms. The van der Waals surface area contributed by atoms with Gasteiger partial charge in [0.1, 0.15) is 12.8 Å². The average molecular weight is 600 g/mol. The van der Waals surface area contributed by atoms with Gasteiger partial charge in [0.15, 0.2) is 0 Å². The van der Waals surface area contributed by atoms with Crippen molar-refractivity contribution < 1.29 is 27.4 Å². The van der Waals surface area contributed by atoms with Gasteiger partial charge in [-0.15, -0.1) is 0 Å². The third-order valence-corrected chi connectivity index (χ3v) is 7.07. The third kappa shape index (κ3) is 9.71. The number of likely N-dealkylation sites (tertiary alicyclic amines) is 1. The number of halogens is 3. The van der Waals surface area contributed by atoms with Crippen molar-refractivity contribution in [3.05, 3.63) is 95.6 Å². The molecule has 1 saturated heterocycles. The lowest BCUT2D eigenvalue weighted by atomic mass is 10.1. The zero-order valence-corrected chi connectivity index (χ0v) is 25.2. The molecular weight excluding hydrogens is 559 g/mol. The van der Waals surface area contributed by atoms with E-state index in [9.17, 15) is 18.0 Å². The number of alkyl halides is 3. The molecule has 43 heavy (non-hydrogen) atoms. The number of nitrogens with zero attached hydrogens (tertiary/aromatic N) is 4. The van der Waals surface area contributed by atoms with Gasteiger partial charge in [0, 0.05) is 56.9 Å². The fourth-order valence-electron chi connectivity index (χ4n) is 4.44. The first-order chi connectivity index (χ1) is 20.4. The molecule has 3 rings (SSSR count). The van der Waals surface area contributed by atoms with Gasteiger partial charge in [-0.3, -0.25) is 9.48 Å². The maximum atomic E-state index is 13.6. The van der Waals surface area contributed by atoms with Crippen LogP contribution in [0, 0.1) is 0 Å². The van der Waals surface area contributed by atoms with Crippen LogP contribution in [0.15, 0.2) is 78.2 Å². The van der Waals surface area contributed by atoms with Crippen LogP contribution in [-0.2, 0) is 23.1 Å². The predicted octanol–water partition coefficient (Wildman–Crippen LogP) is 5.84. The number of ether oxygens (including phenoxy) is 2. The summed E-state index contributed by atoms with van der Waals surface area (Å²) in [5.41, 5.74) is 2.44. The molecule has 0 atom stereocenters. The molecule has 1 aromatic heterocycles. The molecule has 0 radical (unpaired) electrons. The molecule has 2 aromatic rings. The monoisotopic (exact) mass is 599 g/mol. The SMILES string of the molecule is C=C/C(=C\C=C(/C)OCc1c(C(=NC(=C)c2cccc(C(=O)NCCN3CCC(F)CC3)c2)OC)cnn1C)C(C)(F)F. The Balaban J connectivity index is 1.68. The van der Waals surface area contributed by atoms with E-state index in [1.54, 1.807) is 49.1 Å². The lowest BCUT2D eigenvalue weighted by Crippen LogP contribution is -2.40. The smallest absolute Gasteiger partial charge is 0.270 e. The maximum Gasteiger partial charge on any atom is 0.270 e. The summed E-state index contributed by atoms with van der Waals surface area (Å²) >= 11 is 0. The third-order valence-electron chi connectivity index (χ3n) is 7.07. The van der Waals surface area contributed by atoms with Crippen LogP contribution >= 0.6 is 0 Å². The minimum absolute atomic E-state index is 0.0737. The number of benzene rings is 1. The highest BCUT2D eigenvalue weighted by atomic mass is 19.3. The zero-order chi connectivity index (χ0) is 31.6. The molecular formula is C32H40F3N5O3. The second-order valence-corrected chi connectivity index (χ2v) is 10.3. The molecule has 232 valence electrons. The summed E-state index contributed by atoms with van der Waals surface area (Å²) in [7, 11) is 3.21. The van der Waals surface area contributed by atoms with E-state index in [0.29, 0.717) is 72.9 Å². The van der Waals surface area contributed by atoms with Gasteiger partial charge in [0.25, 0.3) is 11.8 Å². The number of aryl methyl sites for hydroxylation is 1. The quantitative estimate of drug-likeness (QED) is 0.136. The molecule has 1 amide bonds. The van der Waals surface area contributed by atoms with Gasteiger partial charge in [0.05, 0.1) is 36.0 Å². The largest absolute Gasteiger partial charge is 0.492 e. The molecule has 8 nitrogen and oxygen atoms in total. The number of piperidine rings is 1. The number of carbonyl (C=O) groups excluding carboxylic acids is 1. The topological polar surface area (TPSA) is 81.0 Å². The van der Waals surface area contributed by atoms with Crippen LogP contribution < -0.4 is 5.32 Å². The Morgan fingerprint density at radius 1 is 1.26 bits per heavy atom. The summed E-state index contributed by atoms with van der Waals surface area (Å²) in [5, 5.41) is 7.21. The van der Waals surface area contributed by atoms with Crippen molar-refractivity contribution in [3.63, 3.8) is 0 Å². The molecule has 0 bridgehead atoms. The minimum Gasteiger partial charge on any atom is -0.492 e. The number of methoxy groups -OCH3 is 1. The zero-order valence-electron chi connectivity index (χ0n) is 25.2. The van der Waals surface area contributed by atoms with Crippen molar-refractivity contribution in [2.24, 2.45) is 12.0 Å². The maximum absolute atomic E-state index is 13.6. The van der Waals surface area contributed by atoms with E-state index in [-0.39, 0.29) is 24.0 Å². The molecule has 0 unspecified atom stereocenters. The van der Waals surface area contributed by atoms with Crippen LogP contribution in [0.2, 0.25) is 0 Å². The average Bonchev–Trinajstić information content (AvgIpc) is 3.34. The van der Waals surface area contributed by atoms with Crippen molar-refractivity contribution in [2.45, 2.75) is 45.4 Å². The van der Waals surface area contributed by atoms with Crippen LogP contribution in [0.4, 0.5) is 13.2 Å². The number of hydrogen-bond donors (Lipinski definition) is 1. The van der Waals surface area contributed by atoms with E-state index in [1.807, 2.05) is 0 Å². The Bertz CT molecular complexity index is 1380. The fourth-order valence-corrected chi connectivity index (χ4v) is 4.44. The van der Waals surface area contributed by atoms with E-state index >= 15 is 0 Å². The van der Waals surface area contributed by atoms with Crippen molar-refractivity contribution in [2.75, 3.05) is 33.3 Å². The van der Waals surface area contributed by atoms with Crippen molar-refractivity contribution in [1.82, 2.24) is 20.0 Å². The number of allylic oxidation sites excluding steroid dienone is 5. The molecule has 0 saturated carbocycles. The Kier molecular flexibility index (Phi) is 11.9. The molecule has 11 heteroatoms. The molecule has 1 aromatic carbocycles. The summed E-state index contributed by atoms with van der Waals surface area (Å²) in [6.45, 7) is 12.6. The van der Waals surface area contributed by atoms with Gasteiger partial charge in [-0.05, 0) is 44.1 Å². The van der Waals surface area contributed by atoms with E-state index in [0.717, 1.165) is 13.0 Å². The number of carbonyl (C=O) groups is 1. The summed E-state index contributed by atoms with van der Waals surface area (Å²) in [6, 6.07) is 6.96. The fraction of sp³-hybridized carbons (Fsp3) is 0.406. The highest BCUT2D eigenvalue weighted by Crippen LogP contribution is 2.24. The number of aliphatic imine (C=N–C) groups is 1. The summed E-state index contributed by atoms with van der Waals surface area (Å²) in [5.74, 6) is -2.59. The van der Waals surface area contributed by atoms with Crippen LogP contribution in [0.5, 0.6) is 0 Å². The first-order valence-electron chi connectivity index (χ1n) is 14.0. The normalized spacial score (nSPS) is 15.7. The first-order valence-corrected chi connectivity index (χ1v) is 14.0. The standard InChI is InChI=1S/C32H40F3N5O3/c1-7-26(32(4,34)35)12-11-22(2)43-21-29-28(20-37-39(29)5)31(42-6)38-23(3)24-9-8-10-25(19-24)30(41)36-15-18-40-16-13-27(33)14-17-40/h7-12,19-20,27H,1,3,13-18,21H2,2,4-6H3,(H,36,41)/b22-11+,26-12+,38-31?. The summed E-state index contributed by atoms with van der Waals surface area (Å²) < 4.78 is 53.5. The second-order valence-electron chi connectivity index (χ2n) is 10.3. The summed E-state index contributed by atoms with van der Waals surface area (Å²) in [6.07, 6.45) is 5.75. The van der Waals surface area contributed by atoms with Gasteiger partial charge < -0.3 is 19.7 Å². The molecule has 2 heterocycles. The molecule has 1 N–H and O–H groups in total. The van der Waals surface area contributed by atoms with Crippen molar-refractivity contribution in [3.8, 4) is 0 Å².